The molecular formula is C16H22N2O3. The summed E-state index contributed by atoms with van der Waals surface area (Å²) in [7, 11) is 1.63. The van der Waals surface area contributed by atoms with Gasteiger partial charge in [0, 0.05) is 7.11 Å². The first-order valence-corrected chi connectivity index (χ1v) is 7.14. The van der Waals surface area contributed by atoms with E-state index in [1.165, 1.54) is 0 Å². The molecule has 5 heteroatoms. The van der Waals surface area contributed by atoms with Crippen molar-refractivity contribution in [1.82, 2.24) is 10.1 Å². The Hall–Kier alpha value is -1.72. The Morgan fingerprint density at radius 3 is 2.38 bits per heavy atom. The number of aliphatic hydroxyl groups is 1. The minimum absolute atomic E-state index is 0.205. The minimum atomic E-state index is -0.681. The molecule has 0 fully saturated rings. The van der Waals surface area contributed by atoms with Crippen molar-refractivity contribution < 1.29 is 14.4 Å². The summed E-state index contributed by atoms with van der Waals surface area (Å²) < 4.78 is 10.7. The Labute approximate surface area is 125 Å². The monoisotopic (exact) mass is 290 g/mol. The standard InChI is InChI=1S/C16H22N2O3/c1-10(2)14(20-4)15-17-16(21-18-15)11(3)13(19)12-8-6-5-7-9-12/h5-11,13-14,19H,1-4H3. The second-order valence-electron chi connectivity index (χ2n) is 5.54. The van der Waals surface area contributed by atoms with E-state index in [2.05, 4.69) is 10.1 Å². The predicted octanol–water partition coefficient (Wildman–Crippen LogP) is 3.25. The van der Waals surface area contributed by atoms with Gasteiger partial charge in [0.05, 0.1) is 12.0 Å². The zero-order valence-electron chi connectivity index (χ0n) is 12.9. The highest BCUT2D eigenvalue weighted by atomic mass is 16.5. The second kappa shape index (κ2) is 6.83. The summed E-state index contributed by atoms with van der Waals surface area (Å²) in [6.07, 6.45) is -0.886. The molecule has 5 nitrogen and oxygen atoms in total. The van der Waals surface area contributed by atoms with Gasteiger partial charge in [-0.05, 0) is 11.5 Å². The Bertz CT molecular complexity index is 554. The molecule has 0 aliphatic heterocycles. The van der Waals surface area contributed by atoms with Crippen LogP contribution in [-0.2, 0) is 4.74 Å². The van der Waals surface area contributed by atoms with Crippen molar-refractivity contribution in [2.24, 2.45) is 5.92 Å². The molecule has 1 aromatic carbocycles. The molecule has 3 atom stereocenters. The lowest BCUT2D eigenvalue weighted by atomic mass is 9.97. The van der Waals surface area contributed by atoms with Crippen molar-refractivity contribution in [1.29, 1.82) is 0 Å². The van der Waals surface area contributed by atoms with Gasteiger partial charge in [-0.15, -0.1) is 0 Å². The highest BCUT2D eigenvalue weighted by Crippen LogP contribution is 2.31. The van der Waals surface area contributed by atoms with Crippen LogP contribution in [0.4, 0.5) is 0 Å². The number of ether oxygens (including phenoxy) is 1. The number of aromatic nitrogens is 2. The molecule has 114 valence electrons. The average molecular weight is 290 g/mol. The molecule has 0 spiro atoms. The lowest BCUT2D eigenvalue weighted by Gasteiger charge is -2.16. The molecule has 1 aromatic heterocycles. The van der Waals surface area contributed by atoms with Crippen LogP contribution in [0.25, 0.3) is 0 Å². The van der Waals surface area contributed by atoms with Crippen molar-refractivity contribution in [2.45, 2.75) is 38.9 Å². The van der Waals surface area contributed by atoms with Gasteiger partial charge in [-0.3, -0.25) is 0 Å². The molecule has 1 N–H and O–H groups in total. The number of hydrogen-bond donors (Lipinski definition) is 1. The van der Waals surface area contributed by atoms with E-state index in [1.807, 2.05) is 51.1 Å². The van der Waals surface area contributed by atoms with E-state index in [4.69, 9.17) is 9.26 Å². The molecule has 0 saturated carbocycles. The van der Waals surface area contributed by atoms with Crippen molar-refractivity contribution in [3.05, 3.63) is 47.6 Å². The topological polar surface area (TPSA) is 68.4 Å². The molecule has 1 heterocycles. The molecule has 0 radical (unpaired) electrons. The molecular weight excluding hydrogens is 268 g/mol. The number of hydrogen-bond acceptors (Lipinski definition) is 5. The number of methoxy groups -OCH3 is 1. The van der Waals surface area contributed by atoms with Gasteiger partial charge in [-0.1, -0.05) is 56.3 Å². The van der Waals surface area contributed by atoms with E-state index in [-0.39, 0.29) is 17.9 Å². The average Bonchev–Trinajstić information content (AvgIpc) is 2.96. The van der Waals surface area contributed by atoms with Crippen molar-refractivity contribution in [3.8, 4) is 0 Å². The fourth-order valence-electron chi connectivity index (χ4n) is 2.30. The second-order valence-corrected chi connectivity index (χ2v) is 5.54. The van der Waals surface area contributed by atoms with Crippen LogP contribution >= 0.6 is 0 Å². The van der Waals surface area contributed by atoms with Gasteiger partial charge >= 0.3 is 0 Å². The maximum absolute atomic E-state index is 10.4. The maximum Gasteiger partial charge on any atom is 0.232 e. The Morgan fingerprint density at radius 2 is 1.81 bits per heavy atom. The maximum atomic E-state index is 10.4. The Morgan fingerprint density at radius 1 is 1.14 bits per heavy atom. The van der Waals surface area contributed by atoms with Crippen LogP contribution in [-0.4, -0.2) is 22.4 Å². The SMILES string of the molecule is COC(c1noc(C(C)C(O)c2ccccc2)n1)C(C)C. The molecule has 0 saturated heterocycles. The molecule has 0 bridgehead atoms. The first-order chi connectivity index (χ1) is 10.0. The summed E-state index contributed by atoms with van der Waals surface area (Å²) in [5.41, 5.74) is 0.830. The third-order valence-corrected chi connectivity index (χ3v) is 3.58. The number of benzene rings is 1. The van der Waals surface area contributed by atoms with Crippen molar-refractivity contribution >= 4 is 0 Å². The molecule has 2 rings (SSSR count). The summed E-state index contributed by atoms with van der Waals surface area (Å²) in [6.45, 7) is 5.94. The first kappa shape index (κ1) is 15.7. The lowest BCUT2D eigenvalue weighted by Crippen LogP contribution is -2.12. The number of aliphatic hydroxyl groups excluding tert-OH is 1. The normalized spacial score (nSPS) is 15.9. The Balaban J connectivity index is 2.17. The third-order valence-electron chi connectivity index (χ3n) is 3.58. The lowest BCUT2D eigenvalue weighted by molar-refractivity contribution is 0.0555. The van der Waals surface area contributed by atoms with Crippen molar-refractivity contribution in [2.75, 3.05) is 7.11 Å². The summed E-state index contributed by atoms with van der Waals surface area (Å²) in [5.74, 6) is 0.909. The minimum Gasteiger partial charge on any atom is -0.388 e. The van der Waals surface area contributed by atoms with Gasteiger partial charge < -0.3 is 14.4 Å². The third kappa shape index (κ3) is 3.49. The molecule has 0 aliphatic carbocycles. The van der Waals surface area contributed by atoms with Crippen LogP contribution in [0.3, 0.4) is 0 Å². The van der Waals surface area contributed by atoms with Gasteiger partial charge in [0.2, 0.25) is 11.7 Å². The summed E-state index contributed by atoms with van der Waals surface area (Å²) in [4.78, 5) is 4.39. The molecule has 0 amide bonds. The van der Waals surface area contributed by atoms with E-state index in [0.717, 1.165) is 5.56 Å². The zero-order chi connectivity index (χ0) is 15.4. The summed E-state index contributed by atoms with van der Waals surface area (Å²) in [6, 6.07) is 9.46. The van der Waals surface area contributed by atoms with Crippen molar-refractivity contribution in [3.63, 3.8) is 0 Å². The molecule has 0 aliphatic rings. The van der Waals surface area contributed by atoms with Crippen LogP contribution in [0.5, 0.6) is 0 Å². The van der Waals surface area contributed by atoms with E-state index >= 15 is 0 Å². The quantitative estimate of drug-likeness (QED) is 0.884. The van der Waals surface area contributed by atoms with E-state index < -0.39 is 6.10 Å². The molecule has 3 unspecified atom stereocenters. The van der Waals surface area contributed by atoms with Gasteiger partial charge in [-0.25, -0.2) is 0 Å². The largest absolute Gasteiger partial charge is 0.388 e. The number of nitrogens with zero attached hydrogens (tertiary/aromatic N) is 2. The highest BCUT2D eigenvalue weighted by Gasteiger charge is 2.27. The van der Waals surface area contributed by atoms with Crippen LogP contribution in [0.1, 0.15) is 56.2 Å². The van der Waals surface area contributed by atoms with Gasteiger partial charge in [0.25, 0.3) is 0 Å². The van der Waals surface area contributed by atoms with Gasteiger partial charge in [-0.2, -0.15) is 4.98 Å². The molecule has 2 aromatic rings. The van der Waals surface area contributed by atoms with E-state index in [9.17, 15) is 5.11 Å². The van der Waals surface area contributed by atoms with Gasteiger partial charge in [0.1, 0.15) is 6.10 Å². The Kier molecular flexibility index (Phi) is 5.09. The number of rotatable bonds is 6. The molecule has 21 heavy (non-hydrogen) atoms. The van der Waals surface area contributed by atoms with Crippen LogP contribution in [0.15, 0.2) is 34.9 Å². The van der Waals surface area contributed by atoms with Crippen LogP contribution < -0.4 is 0 Å². The zero-order valence-corrected chi connectivity index (χ0v) is 12.9. The predicted molar refractivity (Wildman–Crippen MR) is 78.7 cm³/mol. The first-order valence-electron chi connectivity index (χ1n) is 7.14. The van der Waals surface area contributed by atoms with Crippen LogP contribution in [0, 0.1) is 5.92 Å². The summed E-state index contributed by atoms with van der Waals surface area (Å²) in [5, 5.41) is 14.4. The highest BCUT2D eigenvalue weighted by molar-refractivity contribution is 5.20. The van der Waals surface area contributed by atoms with E-state index in [0.29, 0.717) is 11.7 Å². The fourth-order valence-corrected chi connectivity index (χ4v) is 2.30. The van der Waals surface area contributed by atoms with E-state index in [1.54, 1.807) is 7.11 Å². The van der Waals surface area contributed by atoms with Crippen LogP contribution in [0.2, 0.25) is 0 Å². The smallest absolute Gasteiger partial charge is 0.232 e. The fraction of sp³-hybridized carbons (Fsp3) is 0.500. The summed E-state index contributed by atoms with van der Waals surface area (Å²) >= 11 is 0. The van der Waals surface area contributed by atoms with Gasteiger partial charge in [0.15, 0.2) is 0 Å².